The standard InChI is InChI=1S/C9H14N2OS/c10-9(12)4-1-5-11-7-8-3-2-6-13-8/h2-3,6,11H,1,4-5,7H2,(H2,10,12). The number of rotatable bonds is 6. The van der Waals surface area contributed by atoms with E-state index >= 15 is 0 Å². The minimum atomic E-state index is -0.224. The molecular formula is C9H14N2OS. The summed E-state index contributed by atoms with van der Waals surface area (Å²) in [6.45, 7) is 1.73. The SMILES string of the molecule is NC(=O)CCCNCc1cccs1. The summed E-state index contributed by atoms with van der Waals surface area (Å²) in [5.41, 5.74) is 5.00. The fourth-order valence-electron chi connectivity index (χ4n) is 1.01. The molecule has 0 saturated carbocycles. The van der Waals surface area contributed by atoms with E-state index in [1.54, 1.807) is 11.3 Å². The van der Waals surface area contributed by atoms with Crippen molar-refractivity contribution in [2.75, 3.05) is 6.54 Å². The van der Waals surface area contributed by atoms with Gasteiger partial charge >= 0.3 is 0 Å². The minimum absolute atomic E-state index is 0.224. The van der Waals surface area contributed by atoms with Gasteiger partial charge in [0.2, 0.25) is 5.91 Å². The maximum Gasteiger partial charge on any atom is 0.217 e. The topological polar surface area (TPSA) is 55.1 Å². The molecule has 1 aromatic heterocycles. The molecule has 1 rings (SSSR count). The van der Waals surface area contributed by atoms with Crippen molar-refractivity contribution < 1.29 is 4.79 Å². The Morgan fingerprint density at radius 3 is 3.08 bits per heavy atom. The van der Waals surface area contributed by atoms with E-state index in [4.69, 9.17) is 5.73 Å². The van der Waals surface area contributed by atoms with Gasteiger partial charge < -0.3 is 11.1 Å². The van der Waals surface area contributed by atoms with Crippen LogP contribution in [0.3, 0.4) is 0 Å². The molecule has 0 aromatic carbocycles. The number of nitrogens with one attached hydrogen (secondary N) is 1. The van der Waals surface area contributed by atoms with Gasteiger partial charge in [0.1, 0.15) is 0 Å². The average molecular weight is 198 g/mol. The van der Waals surface area contributed by atoms with Crippen LogP contribution in [0.2, 0.25) is 0 Å². The predicted octanol–water partition coefficient (Wildman–Crippen LogP) is 1.10. The van der Waals surface area contributed by atoms with Crippen LogP contribution in [-0.4, -0.2) is 12.5 Å². The number of hydrogen-bond donors (Lipinski definition) is 2. The van der Waals surface area contributed by atoms with Gasteiger partial charge in [-0.3, -0.25) is 4.79 Å². The first kappa shape index (κ1) is 10.2. The van der Waals surface area contributed by atoms with E-state index in [0.29, 0.717) is 6.42 Å². The molecule has 72 valence electrons. The number of carbonyl (C=O) groups excluding carboxylic acids is 1. The molecule has 1 aromatic rings. The summed E-state index contributed by atoms with van der Waals surface area (Å²) in [5.74, 6) is -0.224. The Morgan fingerprint density at radius 2 is 2.46 bits per heavy atom. The van der Waals surface area contributed by atoms with Gasteiger partial charge in [-0.05, 0) is 24.4 Å². The summed E-state index contributed by atoms with van der Waals surface area (Å²) in [6.07, 6.45) is 1.29. The largest absolute Gasteiger partial charge is 0.370 e. The number of thiophene rings is 1. The van der Waals surface area contributed by atoms with Crippen molar-refractivity contribution in [3.8, 4) is 0 Å². The van der Waals surface area contributed by atoms with Crippen LogP contribution in [0, 0.1) is 0 Å². The van der Waals surface area contributed by atoms with E-state index in [1.807, 2.05) is 6.07 Å². The molecule has 0 spiro atoms. The molecule has 1 amide bonds. The lowest BCUT2D eigenvalue weighted by atomic mass is 10.3. The molecule has 3 nitrogen and oxygen atoms in total. The Balaban J connectivity index is 1.99. The third-order valence-electron chi connectivity index (χ3n) is 1.66. The van der Waals surface area contributed by atoms with Crippen LogP contribution in [0.4, 0.5) is 0 Å². The van der Waals surface area contributed by atoms with E-state index in [2.05, 4.69) is 16.8 Å². The summed E-state index contributed by atoms with van der Waals surface area (Å²) in [4.78, 5) is 11.7. The van der Waals surface area contributed by atoms with Crippen molar-refractivity contribution in [1.82, 2.24) is 5.32 Å². The quantitative estimate of drug-likeness (QED) is 0.673. The highest BCUT2D eigenvalue weighted by Crippen LogP contribution is 2.07. The van der Waals surface area contributed by atoms with E-state index in [1.165, 1.54) is 4.88 Å². The van der Waals surface area contributed by atoms with Crippen LogP contribution in [0.15, 0.2) is 17.5 Å². The zero-order valence-corrected chi connectivity index (χ0v) is 8.27. The van der Waals surface area contributed by atoms with Crippen molar-refractivity contribution in [3.63, 3.8) is 0 Å². The van der Waals surface area contributed by atoms with E-state index in [0.717, 1.165) is 19.5 Å². The maximum absolute atomic E-state index is 10.4. The Hall–Kier alpha value is -0.870. The minimum Gasteiger partial charge on any atom is -0.370 e. The number of hydrogen-bond acceptors (Lipinski definition) is 3. The van der Waals surface area contributed by atoms with E-state index < -0.39 is 0 Å². The van der Waals surface area contributed by atoms with Gasteiger partial charge in [-0.25, -0.2) is 0 Å². The maximum atomic E-state index is 10.4. The molecular weight excluding hydrogens is 184 g/mol. The monoisotopic (exact) mass is 198 g/mol. The first-order valence-electron chi connectivity index (χ1n) is 4.30. The Morgan fingerprint density at radius 1 is 1.62 bits per heavy atom. The highest BCUT2D eigenvalue weighted by Gasteiger charge is 1.95. The molecule has 0 aliphatic rings. The Bertz CT molecular complexity index is 246. The van der Waals surface area contributed by atoms with Crippen molar-refractivity contribution in [1.29, 1.82) is 0 Å². The van der Waals surface area contributed by atoms with Gasteiger partial charge in [0, 0.05) is 17.8 Å². The summed E-state index contributed by atoms with van der Waals surface area (Å²) in [7, 11) is 0. The molecule has 1 heterocycles. The zero-order chi connectivity index (χ0) is 9.52. The summed E-state index contributed by atoms with van der Waals surface area (Å²) < 4.78 is 0. The lowest BCUT2D eigenvalue weighted by Crippen LogP contribution is -2.17. The zero-order valence-electron chi connectivity index (χ0n) is 7.45. The highest BCUT2D eigenvalue weighted by molar-refractivity contribution is 7.09. The lowest BCUT2D eigenvalue weighted by molar-refractivity contribution is -0.118. The molecule has 0 aliphatic heterocycles. The molecule has 3 N–H and O–H groups in total. The first-order chi connectivity index (χ1) is 6.29. The number of amides is 1. The van der Waals surface area contributed by atoms with Crippen molar-refractivity contribution in [2.24, 2.45) is 5.73 Å². The molecule has 0 fully saturated rings. The molecule has 0 aliphatic carbocycles. The number of nitrogens with two attached hydrogens (primary N) is 1. The molecule has 0 unspecified atom stereocenters. The summed E-state index contributed by atoms with van der Waals surface area (Å²) >= 11 is 1.73. The lowest BCUT2D eigenvalue weighted by Gasteiger charge is -2.00. The van der Waals surface area contributed by atoms with Gasteiger partial charge in [0.25, 0.3) is 0 Å². The molecule has 0 bridgehead atoms. The molecule has 13 heavy (non-hydrogen) atoms. The number of primary amides is 1. The van der Waals surface area contributed by atoms with Gasteiger partial charge in [0.05, 0.1) is 0 Å². The second-order valence-corrected chi connectivity index (χ2v) is 3.86. The fraction of sp³-hybridized carbons (Fsp3) is 0.444. The van der Waals surface area contributed by atoms with E-state index in [9.17, 15) is 4.79 Å². The fourth-order valence-corrected chi connectivity index (χ4v) is 1.69. The predicted molar refractivity (Wildman–Crippen MR) is 54.5 cm³/mol. The van der Waals surface area contributed by atoms with Gasteiger partial charge in [0.15, 0.2) is 0 Å². The van der Waals surface area contributed by atoms with Crippen LogP contribution in [0.5, 0.6) is 0 Å². The Kier molecular flexibility index (Phi) is 4.49. The van der Waals surface area contributed by atoms with Gasteiger partial charge in [-0.2, -0.15) is 0 Å². The van der Waals surface area contributed by atoms with Crippen LogP contribution in [-0.2, 0) is 11.3 Å². The van der Waals surface area contributed by atoms with Gasteiger partial charge in [-0.15, -0.1) is 11.3 Å². The summed E-state index contributed by atoms with van der Waals surface area (Å²) in [5, 5.41) is 5.30. The van der Waals surface area contributed by atoms with Crippen LogP contribution >= 0.6 is 11.3 Å². The molecule has 0 saturated heterocycles. The smallest absolute Gasteiger partial charge is 0.217 e. The van der Waals surface area contributed by atoms with Crippen molar-refractivity contribution >= 4 is 17.2 Å². The molecule has 0 radical (unpaired) electrons. The van der Waals surface area contributed by atoms with Crippen LogP contribution in [0.1, 0.15) is 17.7 Å². The third kappa shape index (κ3) is 4.65. The van der Waals surface area contributed by atoms with Crippen LogP contribution < -0.4 is 11.1 Å². The first-order valence-corrected chi connectivity index (χ1v) is 5.18. The number of carbonyl (C=O) groups is 1. The Labute approximate surface area is 81.9 Å². The van der Waals surface area contributed by atoms with Crippen LogP contribution in [0.25, 0.3) is 0 Å². The summed E-state index contributed by atoms with van der Waals surface area (Å²) in [6, 6.07) is 4.12. The van der Waals surface area contributed by atoms with Gasteiger partial charge in [-0.1, -0.05) is 6.07 Å². The third-order valence-corrected chi connectivity index (χ3v) is 2.53. The normalized spacial score (nSPS) is 10.2. The second kappa shape index (κ2) is 5.72. The molecule has 0 atom stereocenters. The second-order valence-electron chi connectivity index (χ2n) is 2.83. The molecule has 4 heteroatoms. The van der Waals surface area contributed by atoms with Crippen molar-refractivity contribution in [2.45, 2.75) is 19.4 Å². The van der Waals surface area contributed by atoms with Crippen molar-refractivity contribution in [3.05, 3.63) is 22.4 Å². The highest BCUT2D eigenvalue weighted by atomic mass is 32.1. The average Bonchev–Trinajstić information content (AvgIpc) is 2.55. The van der Waals surface area contributed by atoms with E-state index in [-0.39, 0.29) is 5.91 Å².